The molecular weight excluding hydrogens is 475 g/mol. The number of fused-ring (bicyclic) bond motifs is 1. The van der Waals surface area contributed by atoms with Crippen LogP contribution in [0.1, 0.15) is 25.3 Å². The van der Waals surface area contributed by atoms with Crippen LogP contribution in [0.15, 0.2) is 48.5 Å². The molecular formula is C27H29FN6O3. The van der Waals surface area contributed by atoms with Crippen molar-refractivity contribution < 1.29 is 18.7 Å². The quantitative estimate of drug-likeness (QED) is 0.376. The zero-order chi connectivity index (χ0) is 25.9. The van der Waals surface area contributed by atoms with Gasteiger partial charge in [-0.1, -0.05) is 30.3 Å². The van der Waals surface area contributed by atoms with Gasteiger partial charge in [0.15, 0.2) is 5.65 Å². The molecule has 192 valence electrons. The van der Waals surface area contributed by atoms with Gasteiger partial charge in [0.05, 0.1) is 37.3 Å². The summed E-state index contributed by atoms with van der Waals surface area (Å²) in [6, 6.07) is 14.4. The second-order valence-electron chi connectivity index (χ2n) is 8.98. The number of piperidine rings is 1. The van der Waals surface area contributed by atoms with Crippen molar-refractivity contribution in [2.75, 3.05) is 37.4 Å². The van der Waals surface area contributed by atoms with E-state index in [1.54, 1.807) is 23.7 Å². The molecule has 0 bridgehead atoms. The topological polar surface area (TPSA) is 108 Å². The highest BCUT2D eigenvalue weighted by Gasteiger charge is 2.30. The van der Waals surface area contributed by atoms with Crippen LogP contribution in [0.2, 0.25) is 0 Å². The van der Waals surface area contributed by atoms with Gasteiger partial charge in [-0.2, -0.15) is 4.98 Å². The van der Waals surface area contributed by atoms with Gasteiger partial charge in [-0.15, -0.1) is 5.10 Å². The minimum Gasteiger partial charge on any atom is -0.497 e. The minimum atomic E-state index is -0.497. The summed E-state index contributed by atoms with van der Waals surface area (Å²) in [6.45, 7) is 3.62. The number of aromatic nitrogens is 4. The van der Waals surface area contributed by atoms with Crippen molar-refractivity contribution in [3.8, 4) is 17.0 Å². The molecule has 1 aliphatic rings. The number of benzene rings is 2. The third-order valence-electron chi connectivity index (χ3n) is 6.56. The number of nitrogens with two attached hydrogens (primary N) is 1. The van der Waals surface area contributed by atoms with Crippen LogP contribution in [0, 0.1) is 11.7 Å². The molecule has 4 aromatic rings. The van der Waals surface area contributed by atoms with Gasteiger partial charge < -0.3 is 20.1 Å². The van der Waals surface area contributed by atoms with Crippen molar-refractivity contribution in [3.63, 3.8) is 0 Å². The summed E-state index contributed by atoms with van der Waals surface area (Å²) in [6.07, 6.45) is 1.51. The first-order valence-corrected chi connectivity index (χ1v) is 12.3. The van der Waals surface area contributed by atoms with Crippen LogP contribution >= 0.6 is 0 Å². The van der Waals surface area contributed by atoms with Gasteiger partial charge in [-0.3, -0.25) is 4.79 Å². The van der Waals surface area contributed by atoms with Crippen molar-refractivity contribution in [1.82, 2.24) is 19.7 Å². The standard InChI is InChI=1S/C27H29FN6O3/c1-3-37-26(35)18-10-7-13-33(16-18)27-30-23(20-12-11-19(36-2)14-21(20)28)22-24(29)34(32-25(22)31-27)15-17-8-5-4-6-9-17/h4-6,8-9,11-12,14,18H,3,7,10,13,15-16,29H2,1-2H3/t18-/m0/s1. The maximum absolute atomic E-state index is 15.3. The zero-order valence-electron chi connectivity index (χ0n) is 20.9. The molecule has 1 atom stereocenters. The first-order chi connectivity index (χ1) is 18.0. The van der Waals surface area contributed by atoms with E-state index in [1.165, 1.54) is 13.2 Å². The number of rotatable bonds is 7. The molecule has 0 aliphatic carbocycles. The molecule has 2 aromatic heterocycles. The Hall–Kier alpha value is -4.21. The first-order valence-electron chi connectivity index (χ1n) is 12.3. The lowest BCUT2D eigenvalue weighted by Crippen LogP contribution is -2.40. The molecule has 0 spiro atoms. The molecule has 0 unspecified atom stereocenters. The predicted octanol–water partition coefficient (Wildman–Crippen LogP) is 4.05. The molecule has 1 aliphatic heterocycles. The van der Waals surface area contributed by atoms with Gasteiger partial charge in [-0.05, 0) is 37.5 Å². The molecule has 1 fully saturated rings. The Morgan fingerprint density at radius 3 is 2.73 bits per heavy atom. The fraction of sp³-hybridized carbons (Fsp3) is 0.333. The van der Waals surface area contributed by atoms with Gasteiger partial charge in [0.25, 0.3) is 0 Å². The van der Waals surface area contributed by atoms with E-state index in [0.717, 1.165) is 18.4 Å². The molecule has 10 heteroatoms. The van der Waals surface area contributed by atoms with Crippen molar-refractivity contribution in [3.05, 3.63) is 59.9 Å². The molecule has 37 heavy (non-hydrogen) atoms. The number of hydrogen-bond donors (Lipinski definition) is 1. The summed E-state index contributed by atoms with van der Waals surface area (Å²) < 4.78 is 27.3. The third kappa shape index (κ3) is 4.91. The van der Waals surface area contributed by atoms with Crippen molar-refractivity contribution in [2.24, 2.45) is 5.92 Å². The number of ether oxygens (including phenoxy) is 2. The van der Waals surface area contributed by atoms with Gasteiger partial charge in [0.1, 0.15) is 17.4 Å². The smallest absolute Gasteiger partial charge is 0.310 e. The number of hydrogen-bond acceptors (Lipinski definition) is 8. The number of esters is 1. The summed E-state index contributed by atoms with van der Waals surface area (Å²) >= 11 is 0. The van der Waals surface area contributed by atoms with E-state index < -0.39 is 5.82 Å². The van der Waals surface area contributed by atoms with E-state index in [9.17, 15) is 4.79 Å². The van der Waals surface area contributed by atoms with Crippen molar-refractivity contribution >= 4 is 28.8 Å². The number of halogens is 1. The molecule has 2 N–H and O–H groups in total. The Bertz CT molecular complexity index is 1420. The summed E-state index contributed by atoms with van der Waals surface area (Å²) in [5.41, 5.74) is 8.54. The maximum Gasteiger partial charge on any atom is 0.310 e. The Morgan fingerprint density at radius 1 is 1.19 bits per heavy atom. The Morgan fingerprint density at radius 2 is 2.00 bits per heavy atom. The summed E-state index contributed by atoms with van der Waals surface area (Å²) in [4.78, 5) is 23.8. The van der Waals surface area contributed by atoms with Crippen LogP contribution in [-0.2, 0) is 16.1 Å². The molecule has 0 saturated carbocycles. The third-order valence-corrected chi connectivity index (χ3v) is 6.56. The average molecular weight is 505 g/mol. The summed E-state index contributed by atoms with van der Waals surface area (Å²) in [5.74, 6) is 0.104. The van der Waals surface area contributed by atoms with Crippen LogP contribution in [-0.4, -0.2) is 52.5 Å². The van der Waals surface area contributed by atoms with E-state index >= 15 is 4.39 Å². The number of carbonyl (C=O) groups excluding carboxylic acids is 1. The highest BCUT2D eigenvalue weighted by atomic mass is 19.1. The molecule has 3 heterocycles. The van der Waals surface area contributed by atoms with E-state index in [2.05, 4.69) is 5.10 Å². The molecule has 1 saturated heterocycles. The zero-order valence-corrected chi connectivity index (χ0v) is 20.9. The predicted molar refractivity (Wildman–Crippen MR) is 139 cm³/mol. The number of nitrogen functional groups attached to an aromatic ring is 1. The van der Waals surface area contributed by atoms with Crippen LogP contribution in [0.5, 0.6) is 5.75 Å². The monoisotopic (exact) mass is 504 g/mol. The van der Waals surface area contributed by atoms with Crippen LogP contribution in [0.3, 0.4) is 0 Å². The summed E-state index contributed by atoms with van der Waals surface area (Å²) in [5, 5.41) is 5.15. The van der Waals surface area contributed by atoms with Gasteiger partial charge in [0, 0.05) is 24.7 Å². The fourth-order valence-corrected chi connectivity index (χ4v) is 4.68. The second kappa shape index (κ2) is 10.4. The number of methoxy groups -OCH3 is 1. The SMILES string of the molecule is CCOC(=O)[C@H]1CCCN(c2nc(-c3ccc(OC)cc3F)c3c(N)n(Cc4ccccc4)nc3n2)C1. The average Bonchev–Trinajstić information content (AvgIpc) is 3.23. The van der Waals surface area contributed by atoms with Gasteiger partial charge in [-0.25, -0.2) is 14.1 Å². The van der Waals surface area contributed by atoms with E-state index in [1.807, 2.05) is 35.2 Å². The largest absolute Gasteiger partial charge is 0.497 e. The van der Waals surface area contributed by atoms with Crippen LogP contribution < -0.4 is 15.4 Å². The molecule has 9 nitrogen and oxygen atoms in total. The van der Waals surface area contributed by atoms with Gasteiger partial charge in [0.2, 0.25) is 5.95 Å². The Balaban J connectivity index is 1.62. The van der Waals surface area contributed by atoms with E-state index in [-0.39, 0.29) is 17.5 Å². The van der Waals surface area contributed by atoms with Crippen LogP contribution in [0.25, 0.3) is 22.3 Å². The molecule has 0 radical (unpaired) electrons. The number of carbonyl (C=O) groups is 1. The van der Waals surface area contributed by atoms with Crippen molar-refractivity contribution in [2.45, 2.75) is 26.3 Å². The van der Waals surface area contributed by atoms with Gasteiger partial charge >= 0.3 is 5.97 Å². The number of nitrogens with zero attached hydrogens (tertiary/aromatic N) is 5. The number of anilines is 2. The Kier molecular flexibility index (Phi) is 6.89. The lowest BCUT2D eigenvalue weighted by atomic mass is 9.98. The van der Waals surface area contributed by atoms with E-state index in [4.69, 9.17) is 25.2 Å². The van der Waals surface area contributed by atoms with E-state index in [0.29, 0.717) is 60.5 Å². The Labute approximate surface area is 214 Å². The first kappa shape index (κ1) is 24.5. The normalized spacial score (nSPS) is 15.6. The highest BCUT2D eigenvalue weighted by Crippen LogP contribution is 2.35. The second-order valence-corrected chi connectivity index (χ2v) is 8.98. The molecule has 0 amide bonds. The minimum absolute atomic E-state index is 0.230. The lowest BCUT2D eigenvalue weighted by Gasteiger charge is -2.31. The molecule has 5 rings (SSSR count). The summed E-state index contributed by atoms with van der Waals surface area (Å²) in [7, 11) is 1.48. The maximum atomic E-state index is 15.3. The van der Waals surface area contributed by atoms with Crippen LogP contribution in [0.4, 0.5) is 16.2 Å². The highest BCUT2D eigenvalue weighted by molar-refractivity contribution is 5.99. The molecule has 2 aromatic carbocycles. The fourth-order valence-electron chi connectivity index (χ4n) is 4.68. The lowest BCUT2D eigenvalue weighted by molar-refractivity contribution is -0.148. The van der Waals surface area contributed by atoms with Crippen molar-refractivity contribution in [1.29, 1.82) is 0 Å².